The summed E-state index contributed by atoms with van der Waals surface area (Å²) in [5.74, 6) is -1.19. The van der Waals surface area contributed by atoms with Crippen molar-refractivity contribution in [1.82, 2.24) is 4.90 Å². The fourth-order valence-electron chi connectivity index (χ4n) is 5.58. The van der Waals surface area contributed by atoms with Gasteiger partial charge in [0.05, 0.1) is 4.47 Å². The van der Waals surface area contributed by atoms with Crippen LogP contribution in [0.1, 0.15) is 55.6 Å². The van der Waals surface area contributed by atoms with Crippen molar-refractivity contribution in [3.05, 3.63) is 84.0 Å². The van der Waals surface area contributed by atoms with Crippen LogP contribution in [0.4, 0.5) is 0 Å². The molecular weight excluding hydrogens is 626 g/mol. The lowest BCUT2D eigenvalue weighted by Gasteiger charge is -2.43. The lowest BCUT2D eigenvalue weighted by atomic mass is 9.70. The first-order chi connectivity index (χ1) is 17.7. The minimum atomic E-state index is -0.996. The van der Waals surface area contributed by atoms with Crippen LogP contribution in [0.15, 0.2) is 67.9 Å². The standard InChI is InChI=1S/C28H24Br2ClNO5/c29-16-11-18(28(19(30)12-16)37-14-15-4-1-5-17(31)10-15)25-26-20(6-2-8-22(26)33)32(13-24(35)36)21-7-3-9-23(34)27(21)25/h1,4-5,10-12,25H,2-3,6-9,13-14H2,(H,35,36). The number of ketones is 2. The molecule has 1 N–H and O–H groups in total. The molecule has 1 heterocycles. The second-order valence-corrected chi connectivity index (χ2v) is 11.6. The molecule has 0 saturated carbocycles. The Labute approximate surface area is 236 Å². The number of allylic oxidation sites excluding steroid dienone is 4. The maximum atomic E-state index is 13.5. The largest absolute Gasteiger partial charge is 0.487 e. The molecule has 2 aromatic carbocycles. The number of halogens is 3. The molecule has 1 aliphatic heterocycles. The van der Waals surface area contributed by atoms with Gasteiger partial charge in [0.25, 0.3) is 0 Å². The van der Waals surface area contributed by atoms with Gasteiger partial charge < -0.3 is 14.7 Å². The van der Waals surface area contributed by atoms with E-state index in [1.54, 1.807) is 11.0 Å². The Morgan fingerprint density at radius 1 is 1.00 bits per heavy atom. The molecule has 0 amide bonds. The van der Waals surface area contributed by atoms with E-state index in [4.69, 9.17) is 16.3 Å². The monoisotopic (exact) mass is 647 g/mol. The third-order valence-electron chi connectivity index (χ3n) is 7.00. The average Bonchev–Trinajstić information content (AvgIpc) is 2.84. The number of carboxylic acids is 1. The maximum Gasteiger partial charge on any atom is 0.323 e. The highest BCUT2D eigenvalue weighted by molar-refractivity contribution is 9.11. The molecule has 6 nitrogen and oxygen atoms in total. The molecule has 0 radical (unpaired) electrons. The molecule has 2 aliphatic carbocycles. The number of benzene rings is 2. The highest BCUT2D eigenvalue weighted by Gasteiger charge is 2.44. The minimum absolute atomic E-state index is 0.0524. The summed E-state index contributed by atoms with van der Waals surface area (Å²) in [6, 6.07) is 11.2. The smallest absolute Gasteiger partial charge is 0.323 e. The topological polar surface area (TPSA) is 83.9 Å². The lowest BCUT2D eigenvalue weighted by Crippen LogP contribution is -2.41. The Kier molecular flexibility index (Phi) is 7.61. The number of hydrogen-bond acceptors (Lipinski definition) is 5. The van der Waals surface area contributed by atoms with Gasteiger partial charge in [-0.25, -0.2) is 0 Å². The van der Waals surface area contributed by atoms with Gasteiger partial charge in [0.15, 0.2) is 11.6 Å². The number of carbonyl (C=O) groups excluding carboxylic acids is 2. The van der Waals surface area contributed by atoms with Gasteiger partial charge in [0, 0.05) is 56.4 Å². The van der Waals surface area contributed by atoms with Crippen LogP contribution < -0.4 is 4.74 Å². The van der Waals surface area contributed by atoms with Crippen LogP contribution >= 0.6 is 43.5 Å². The highest BCUT2D eigenvalue weighted by atomic mass is 79.9. The molecule has 9 heteroatoms. The normalized spacial score (nSPS) is 18.2. The molecule has 2 aromatic rings. The van der Waals surface area contributed by atoms with Crippen LogP contribution in [-0.2, 0) is 21.0 Å². The van der Waals surface area contributed by atoms with Gasteiger partial charge in [-0.3, -0.25) is 14.4 Å². The van der Waals surface area contributed by atoms with Crippen molar-refractivity contribution in [2.45, 2.75) is 51.0 Å². The number of carboxylic acid groups (broad SMARTS) is 1. The van der Waals surface area contributed by atoms with Gasteiger partial charge in [-0.05, 0) is 71.4 Å². The first-order valence-electron chi connectivity index (χ1n) is 12.1. The summed E-state index contributed by atoms with van der Waals surface area (Å²) in [7, 11) is 0. The van der Waals surface area contributed by atoms with E-state index in [0.29, 0.717) is 81.9 Å². The number of nitrogens with zero attached hydrogens (tertiary/aromatic N) is 1. The Balaban J connectivity index is 1.69. The molecule has 0 atom stereocenters. The van der Waals surface area contributed by atoms with Gasteiger partial charge in [-0.2, -0.15) is 0 Å². The van der Waals surface area contributed by atoms with E-state index in [1.165, 1.54) is 0 Å². The van der Waals surface area contributed by atoms with Gasteiger partial charge in [0.1, 0.15) is 18.9 Å². The summed E-state index contributed by atoms with van der Waals surface area (Å²) in [5.41, 5.74) is 4.04. The second kappa shape index (κ2) is 10.8. The Morgan fingerprint density at radius 3 is 2.24 bits per heavy atom. The zero-order valence-corrected chi connectivity index (χ0v) is 23.8. The fourth-order valence-corrected chi connectivity index (χ4v) is 7.17. The fraction of sp³-hybridized carbons (Fsp3) is 0.321. The van der Waals surface area contributed by atoms with Crippen molar-refractivity contribution in [2.24, 2.45) is 0 Å². The number of aliphatic carboxylic acids is 1. The molecule has 192 valence electrons. The Morgan fingerprint density at radius 2 is 1.65 bits per heavy atom. The van der Waals surface area contributed by atoms with Crippen molar-refractivity contribution >= 4 is 61.0 Å². The van der Waals surface area contributed by atoms with E-state index in [9.17, 15) is 19.5 Å². The number of Topliss-reactive ketones (excluding diaryl/α,β-unsaturated/α-hetero) is 2. The van der Waals surface area contributed by atoms with Crippen molar-refractivity contribution < 1.29 is 24.2 Å². The van der Waals surface area contributed by atoms with Crippen LogP contribution in [-0.4, -0.2) is 34.1 Å². The number of ether oxygens (including phenoxy) is 1. The second-order valence-electron chi connectivity index (χ2n) is 9.41. The predicted octanol–water partition coefficient (Wildman–Crippen LogP) is 6.94. The SMILES string of the molecule is O=C(O)CN1C2=C(C(=O)CCC2)C(c2cc(Br)cc(Br)c2OCc2cccc(Cl)c2)C2=C1CCCC2=O. The summed E-state index contributed by atoms with van der Waals surface area (Å²) in [6.45, 7) is -0.0311. The van der Waals surface area contributed by atoms with E-state index in [2.05, 4.69) is 31.9 Å². The van der Waals surface area contributed by atoms with Crippen LogP contribution in [0.25, 0.3) is 0 Å². The van der Waals surface area contributed by atoms with Crippen molar-refractivity contribution in [1.29, 1.82) is 0 Å². The quantitative estimate of drug-likeness (QED) is 0.365. The Bertz CT molecular complexity index is 1340. The zero-order chi connectivity index (χ0) is 26.3. The zero-order valence-electron chi connectivity index (χ0n) is 19.9. The molecule has 0 aromatic heterocycles. The van der Waals surface area contributed by atoms with Crippen molar-refractivity contribution in [2.75, 3.05) is 6.54 Å². The van der Waals surface area contributed by atoms with Gasteiger partial charge in [-0.1, -0.05) is 39.7 Å². The van der Waals surface area contributed by atoms with Crippen molar-refractivity contribution in [3.63, 3.8) is 0 Å². The molecule has 0 saturated heterocycles. The molecular formula is C28H24Br2ClNO5. The highest BCUT2D eigenvalue weighted by Crippen LogP contribution is 2.52. The number of rotatable bonds is 6. The van der Waals surface area contributed by atoms with E-state index < -0.39 is 11.9 Å². The molecule has 0 bridgehead atoms. The van der Waals surface area contributed by atoms with E-state index in [-0.39, 0.29) is 24.7 Å². The van der Waals surface area contributed by atoms with Crippen LogP contribution in [0, 0.1) is 0 Å². The number of hydrogen-bond donors (Lipinski definition) is 1. The van der Waals surface area contributed by atoms with Gasteiger partial charge in [-0.15, -0.1) is 0 Å². The third-order valence-corrected chi connectivity index (χ3v) is 8.28. The first-order valence-corrected chi connectivity index (χ1v) is 14.1. The summed E-state index contributed by atoms with van der Waals surface area (Å²) < 4.78 is 7.79. The molecule has 0 fully saturated rings. The Hall–Kier alpha value is -2.42. The van der Waals surface area contributed by atoms with Crippen LogP contribution in [0.2, 0.25) is 5.02 Å². The molecule has 0 unspecified atom stereocenters. The molecule has 5 rings (SSSR count). The number of carbonyl (C=O) groups is 3. The lowest BCUT2D eigenvalue weighted by molar-refractivity contribution is -0.138. The van der Waals surface area contributed by atoms with Crippen LogP contribution in [0.5, 0.6) is 5.75 Å². The van der Waals surface area contributed by atoms with E-state index in [1.807, 2.05) is 30.3 Å². The maximum absolute atomic E-state index is 13.5. The summed E-state index contributed by atoms with van der Waals surface area (Å²) in [5, 5.41) is 10.3. The summed E-state index contributed by atoms with van der Waals surface area (Å²) in [6.07, 6.45) is 3.20. The first kappa shape index (κ1) is 26.2. The van der Waals surface area contributed by atoms with E-state index in [0.717, 1.165) is 10.0 Å². The molecule has 3 aliphatic rings. The molecule has 0 spiro atoms. The van der Waals surface area contributed by atoms with Crippen LogP contribution in [0.3, 0.4) is 0 Å². The van der Waals surface area contributed by atoms with Crippen molar-refractivity contribution in [3.8, 4) is 5.75 Å². The minimum Gasteiger partial charge on any atom is -0.487 e. The van der Waals surface area contributed by atoms with Gasteiger partial charge in [0.2, 0.25) is 0 Å². The summed E-state index contributed by atoms with van der Waals surface area (Å²) in [4.78, 5) is 40.5. The predicted molar refractivity (Wildman–Crippen MR) is 146 cm³/mol. The average molecular weight is 650 g/mol. The third kappa shape index (κ3) is 5.16. The summed E-state index contributed by atoms with van der Waals surface area (Å²) >= 11 is 13.4. The van der Waals surface area contributed by atoms with E-state index >= 15 is 0 Å². The molecule has 37 heavy (non-hydrogen) atoms. The van der Waals surface area contributed by atoms with Gasteiger partial charge >= 0.3 is 5.97 Å².